The van der Waals surface area contributed by atoms with Crippen LogP contribution in [0.3, 0.4) is 0 Å². The number of benzene rings is 1. The number of carbonyl (C=O) groups excluding carboxylic acids is 1. The van der Waals surface area contributed by atoms with Crippen molar-refractivity contribution in [3.05, 3.63) is 34.1 Å². The number of nitrogens with one attached hydrogen (secondary N) is 1. The Balaban J connectivity index is 1.82. The molecule has 0 radical (unpaired) electrons. The van der Waals surface area contributed by atoms with E-state index in [0.29, 0.717) is 18.0 Å². The molecule has 19 heavy (non-hydrogen) atoms. The Hall–Kier alpha value is -0.940. The van der Waals surface area contributed by atoms with Gasteiger partial charge in [-0.05, 0) is 49.7 Å². The van der Waals surface area contributed by atoms with Gasteiger partial charge in [0.25, 0.3) is 0 Å². The summed E-state index contributed by atoms with van der Waals surface area (Å²) >= 11 is 3.28. The number of nitrogens with zero attached hydrogens (tertiary/aromatic N) is 1. The summed E-state index contributed by atoms with van der Waals surface area (Å²) in [7, 11) is 2.08. The molecule has 104 valence electrons. The smallest absolute Gasteiger partial charge is 0.224 e. The lowest BCUT2D eigenvalue weighted by Crippen LogP contribution is -2.31. The van der Waals surface area contributed by atoms with Crippen LogP contribution in [0.25, 0.3) is 0 Å². The van der Waals surface area contributed by atoms with Crippen LogP contribution in [-0.4, -0.2) is 37.5 Å². The fourth-order valence-corrected chi connectivity index (χ4v) is 2.77. The largest absolute Gasteiger partial charge is 0.355 e. The molecular weight excluding hydrogens is 311 g/mol. The van der Waals surface area contributed by atoms with E-state index >= 15 is 0 Å². The van der Waals surface area contributed by atoms with Crippen LogP contribution in [0.1, 0.15) is 12.0 Å². The second-order valence-electron chi connectivity index (χ2n) is 5.13. The molecule has 0 aromatic heterocycles. The monoisotopic (exact) mass is 328 g/mol. The van der Waals surface area contributed by atoms with Gasteiger partial charge in [-0.3, -0.25) is 4.79 Å². The lowest BCUT2D eigenvalue weighted by molar-refractivity contribution is -0.120. The average molecular weight is 329 g/mol. The van der Waals surface area contributed by atoms with Crippen molar-refractivity contribution in [2.24, 2.45) is 5.92 Å². The van der Waals surface area contributed by atoms with Crippen molar-refractivity contribution in [3.8, 4) is 0 Å². The molecule has 1 aromatic rings. The lowest BCUT2D eigenvalue weighted by Gasteiger charge is -2.12. The van der Waals surface area contributed by atoms with E-state index in [1.165, 1.54) is 6.07 Å². The SMILES string of the molecule is CN1CCC(CNC(=O)Cc2cc(Br)ccc2F)C1. The van der Waals surface area contributed by atoms with Crippen LogP contribution in [0.2, 0.25) is 0 Å². The molecule has 1 heterocycles. The normalized spacial score (nSPS) is 19.6. The van der Waals surface area contributed by atoms with Crippen molar-refractivity contribution in [2.45, 2.75) is 12.8 Å². The molecule has 0 aliphatic carbocycles. The molecule has 1 saturated heterocycles. The van der Waals surface area contributed by atoms with Crippen molar-refractivity contribution < 1.29 is 9.18 Å². The Morgan fingerprint density at radius 3 is 3.05 bits per heavy atom. The van der Waals surface area contributed by atoms with Crippen LogP contribution in [0.15, 0.2) is 22.7 Å². The molecule has 1 atom stereocenters. The van der Waals surface area contributed by atoms with Gasteiger partial charge in [0.05, 0.1) is 6.42 Å². The highest BCUT2D eigenvalue weighted by Gasteiger charge is 2.20. The quantitative estimate of drug-likeness (QED) is 0.919. The van der Waals surface area contributed by atoms with Crippen molar-refractivity contribution in [2.75, 3.05) is 26.7 Å². The Morgan fingerprint density at radius 2 is 2.37 bits per heavy atom. The molecule has 1 aliphatic heterocycles. The zero-order chi connectivity index (χ0) is 13.8. The Morgan fingerprint density at radius 1 is 1.58 bits per heavy atom. The van der Waals surface area contributed by atoms with Gasteiger partial charge in [-0.15, -0.1) is 0 Å². The predicted octanol–water partition coefficient (Wildman–Crippen LogP) is 2.20. The van der Waals surface area contributed by atoms with Crippen LogP contribution < -0.4 is 5.32 Å². The number of carbonyl (C=O) groups is 1. The zero-order valence-corrected chi connectivity index (χ0v) is 12.5. The van der Waals surface area contributed by atoms with Gasteiger partial charge in [0.15, 0.2) is 0 Å². The van der Waals surface area contributed by atoms with Gasteiger partial charge in [0, 0.05) is 17.6 Å². The van der Waals surface area contributed by atoms with Crippen molar-refractivity contribution in [1.82, 2.24) is 10.2 Å². The molecule has 1 fully saturated rings. The third-order valence-electron chi connectivity index (χ3n) is 3.44. The third kappa shape index (κ3) is 4.28. The minimum Gasteiger partial charge on any atom is -0.355 e. The molecule has 1 amide bonds. The molecule has 0 bridgehead atoms. The van der Waals surface area contributed by atoms with E-state index in [1.807, 2.05) is 0 Å². The molecule has 3 nitrogen and oxygen atoms in total. The van der Waals surface area contributed by atoms with Crippen LogP contribution in [0.5, 0.6) is 0 Å². The fraction of sp³-hybridized carbons (Fsp3) is 0.500. The van der Waals surface area contributed by atoms with Crippen LogP contribution in [-0.2, 0) is 11.2 Å². The molecule has 5 heteroatoms. The highest BCUT2D eigenvalue weighted by Crippen LogP contribution is 2.16. The zero-order valence-electron chi connectivity index (χ0n) is 11.0. The predicted molar refractivity (Wildman–Crippen MR) is 76.4 cm³/mol. The van der Waals surface area contributed by atoms with Gasteiger partial charge >= 0.3 is 0 Å². The van der Waals surface area contributed by atoms with Gasteiger partial charge in [0.1, 0.15) is 5.82 Å². The van der Waals surface area contributed by atoms with Crippen LogP contribution in [0, 0.1) is 11.7 Å². The van der Waals surface area contributed by atoms with E-state index in [1.54, 1.807) is 12.1 Å². The number of likely N-dealkylation sites (tertiary alicyclic amines) is 1. The van der Waals surface area contributed by atoms with Crippen LogP contribution in [0.4, 0.5) is 4.39 Å². The molecule has 1 aromatic carbocycles. The fourth-order valence-electron chi connectivity index (χ4n) is 2.37. The maximum atomic E-state index is 13.5. The van der Waals surface area contributed by atoms with Gasteiger partial charge < -0.3 is 10.2 Å². The number of halogens is 2. The van der Waals surface area contributed by atoms with E-state index in [-0.39, 0.29) is 18.1 Å². The summed E-state index contributed by atoms with van der Waals surface area (Å²) < 4.78 is 14.3. The number of hydrogen-bond acceptors (Lipinski definition) is 2. The minimum atomic E-state index is -0.334. The molecule has 1 aliphatic rings. The highest BCUT2D eigenvalue weighted by atomic mass is 79.9. The van der Waals surface area contributed by atoms with Gasteiger partial charge in [-0.25, -0.2) is 4.39 Å². The average Bonchev–Trinajstić information content (AvgIpc) is 2.77. The van der Waals surface area contributed by atoms with Gasteiger partial charge in [-0.1, -0.05) is 15.9 Å². The summed E-state index contributed by atoms with van der Waals surface area (Å²) in [5.74, 6) is 0.0619. The molecular formula is C14H18BrFN2O. The van der Waals surface area contributed by atoms with E-state index in [9.17, 15) is 9.18 Å². The van der Waals surface area contributed by atoms with E-state index < -0.39 is 0 Å². The lowest BCUT2D eigenvalue weighted by atomic mass is 10.1. The maximum absolute atomic E-state index is 13.5. The number of amides is 1. The first-order valence-electron chi connectivity index (χ1n) is 6.44. The molecule has 1 unspecified atom stereocenters. The minimum absolute atomic E-state index is 0.0911. The standard InChI is InChI=1S/C14H18BrFN2O/c1-18-5-4-10(9-18)8-17-14(19)7-11-6-12(15)2-3-13(11)16/h2-3,6,10H,4-5,7-9H2,1H3,(H,17,19). The molecule has 2 rings (SSSR count). The topological polar surface area (TPSA) is 32.3 Å². The number of hydrogen-bond donors (Lipinski definition) is 1. The third-order valence-corrected chi connectivity index (χ3v) is 3.93. The molecule has 0 spiro atoms. The van der Waals surface area contributed by atoms with E-state index in [4.69, 9.17) is 0 Å². The molecule has 1 N–H and O–H groups in total. The first-order valence-corrected chi connectivity index (χ1v) is 7.23. The highest BCUT2D eigenvalue weighted by molar-refractivity contribution is 9.10. The Kier molecular flexibility index (Phi) is 4.93. The number of rotatable bonds is 4. The maximum Gasteiger partial charge on any atom is 0.224 e. The Labute approximate surface area is 121 Å². The van der Waals surface area contributed by atoms with Gasteiger partial charge in [-0.2, -0.15) is 0 Å². The van der Waals surface area contributed by atoms with Crippen molar-refractivity contribution in [1.29, 1.82) is 0 Å². The first kappa shape index (κ1) is 14.5. The summed E-state index contributed by atoms with van der Waals surface area (Å²) in [5.41, 5.74) is 0.426. The van der Waals surface area contributed by atoms with Gasteiger partial charge in [0.2, 0.25) is 5.91 Å². The van der Waals surface area contributed by atoms with Crippen molar-refractivity contribution in [3.63, 3.8) is 0 Å². The summed E-state index contributed by atoms with van der Waals surface area (Å²) in [6, 6.07) is 4.65. The first-order chi connectivity index (χ1) is 9.04. The molecule has 0 saturated carbocycles. The summed E-state index contributed by atoms with van der Waals surface area (Å²) in [4.78, 5) is 14.1. The van der Waals surface area contributed by atoms with Crippen LogP contribution >= 0.6 is 15.9 Å². The second kappa shape index (κ2) is 6.48. The van der Waals surface area contributed by atoms with E-state index in [2.05, 4.69) is 33.2 Å². The second-order valence-corrected chi connectivity index (χ2v) is 6.05. The summed E-state index contributed by atoms with van der Waals surface area (Å²) in [6.07, 6.45) is 1.20. The Bertz CT molecular complexity index is 467. The van der Waals surface area contributed by atoms with Crippen molar-refractivity contribution >= 4 is 21.8 Å². The summed E-state index contributed by atoms with van der Waals surface area (Å²) in [5, 5.41) is 2.89. The summed E-state index contributed by atoms with van der Waals surface area (Å²) in [6.45, 7) is 2.78. The van der Waals surface area contributed by atoms with E-state index in [0.717, 1.165) is 24.0 Å².